The van der Waals surface area contributed by atoms with Gasteiger partial charge in [0, 0.05) is 19.5 Å². The Kier molecular flexibility index (Phi) is 4.31. The zero-order valence-corrected chi connectivity index (χ0v) is 14.3. The molecular weight excluding hydrogens is 318 g/mol. The summed E-state index contributed by atoms with van der Waals surface area (Å²) in [6.45, 7) is 0. The molecule has 4 rings (SSSR count). The Bertz CT molecular complexity index is 820. The van der Waals surface area contributed by atoms with Gasteiger partial charge in [0.1, 0.15) is 23.4 Å². The van der Waals surface area contributed by atoms with Crippen LogP contribution >= 0.6 is 0 Å². The molecule has 7 heteroatoms. The monoisotopic (exact) mass is 339 g/mol. The Morgan fingerprint density at radius 1 is 1.12 bits per heavy atom. The van der Waals surface area contributed by atoms with E-state index in [9.17, 15) is 0 Å². The van der Waals surface area contributed by atoms with E-state index in [4.69, 9.17) is 9.26 Å². The quantitative estimate of drug-likeness (QED) is 0.677. The number of aromatic nitrogens is 5. The molecule has 1 aliphatic carbocycles. The van der Waals surface area contributed by atoms with E-state index in [0.29, 0.717) is 17.4 Å². The van der Waals surface area contributed by atoms with Crippen LogP contribution in [-0.4, -0.2) is 31.8 Å². The third kappa shape index (κ3) is 3.07. The van der Waals surface area contributed by atoms with Gasteiger partial charge >= 0.3 is 0 Å². The van der Waals surface area contributed by atoms with Crippen LogP contribution < -0.4 is 0 Å². The van der Waals surface area contributed by atoms with E-state index < -0.39 is 5.60 Å². The lowest BCUT2D eigenvalue weighted by atomic mass is 9.94. The van der Waals surface area contributed by atoms with E-state index in [1.165, 1.54) is 12.8 Å². The van der Waals surface area contributed by atoms with Gasteiger partial charge in [0.05, 0.1) is 0 Å². The fourth-order valence-electron chi connectivity index (χ4n) is 3.40. The number of nitrogens with zero attached hydrogens (tertiary/aromatic N) is 5. The van der Waals surface area contributed by atoms with Crippen molar-refractivity contribution in [1.29, 1.82) is 0 Å². The fraction of sp³-hybridized carbons (Fsp3) is 0.444. The third-order valence-corrected chi connectivity index (χ3v) is 4.85. The molecule has 1 saturated carbocycles. The number of hydrogen-bond donors (Lipinski definition) is 0. The molecular formula is C18H21N5O2. The average Bonchev–Trinajstić information content (AvgIpc) is 3.31. The Balaban J connectivity index is 1.66. The standard InChI is InChI=1S/C18H21N5O2/c1-24-18(9-4-2-3-5-10-18)17-21-16(22-25-17)14-7-6-8-15(20-14)23-12-11-19-13-23/h6-8,11-13H,2-5,9-10H2,1H3. The minimum atomic E-state index is -0.469. The van der Waals surface area contributed by atoms with Gasteiger partial charge in [0.25, 0.3) is 5.89 Å². The largest absolute Gasteiger partial charge is 0.368 e. The van der Waals surface area contributed by atoms with Gasteiger partial charge in [0.2, 0.25) is 5.82 Å². The molecule has 0 aliphatic heterocycles. The number of rotatable bonds is 4. The summed E-state index contributed by atoms with van der Waals surface area (Å²) in [5, 5.41) is 4.15. The summed E-state index contributed by atoms with van der Waals surface area (Å²) < 4.78 is 13.3. The molecule has 0 N–H and O–H groups in total. The van der Waals surface area contributed by atoms with E-state index in [2.05, 4.69) is 20.1 Å². The second-order valence-electron chi connectivity index (χ2n) is 6.39. The van der Waals surface area contributed by atoms with E-state index in [1.807, 2.05) is 29.0 Å². The van der Waals surface area contributed by atoms with Crippen molar-refractivity contribution in [1.82, 2.24) is 24.7 Å². The summed E-state index contributed by atoms with van der Waals surface area (Å²) in [6.07, 6.45) is 11.8. The molecule has 0 radical (unpaired) electrons. The minimum Gasteiger partial charge on any atom is -0.368 e. The van der Waals surface area contributed by atoms with Crippen molar-refractivity contribution >= 4 is 0 Å². The summed E-state index contributed by atoms with van der Waals surface area (Å²) in [6, 6.07) is 5.71. The van der Waals surface area contributed by atoms with Crippen LogP contribution in [0.2, 0.25) is 0 Å². The molecule has 0 bridgehead atoms. The summed E-state index contributed by atoms with van der Waals surface area (Å²) in [7, 11) is 1.73. The number of pyridine rings is 1. The highest BCUT2D eigenvalue weighted by molar-refractivity contribution is 5.50. The van der Waals surface area contributed by atoms with Crippen LogP contribution in [0, 0.1) is 0 Å². The van der Waals surface area contributed by atoms with Gasteiger partial charge < -0.3 is 9.26 Å². The molecule has 0 unspecified atom stereocenters. The van der Waals surface area contributed by atoms with Crippen LogP contribution in [-0.2, 0) is 10.3 Å². The van der Waals surface area contributed by atoms with Crippen LogP contribution in [0.5, 0.6) is 0 Å². The predicted octanol–water partition coefficient (Wildman–Crippen LogP) is 3.51. The highest BCUT2D eigenvalue weighted by atomic mass is 16.5. The van der Waals surface area contributed by atoms with Gasteiger partial charge in [-0.3, -0.25) is 4.57 Å². The summed E-state index contributed by atoms with van der Waals surface area (Å²) in [5.41, 5.74) is 0.199. The van der Waals surface area contributed by atoms with Crippen LogP contribution in [0.4, 0.5) is 0 Å². The van der Waals surface area contributed by atoms with Crippen molar-refractivity contribution < 1.29 is 9.26 Å². The van der Waals surface area contributed by atoms with E-state index in [-0.39, 0.29) is 0 Å². The first kappa shape index (κ1) is 16.0. The Morgan fingerprint density at radius 3 is 2.68 bits per heavy atom. The van der Waals surface area contributed by atoms with Gasteiger partial charge in [-0.25, -0.2) is 9.97 Å². The molecule has 1 fully saturated rings. The first-order valence-electron chi connectivity index (χ1n) is 8.66. The van der Waals surface area contributed by atoms with Gasteiger partial charge in [0.15, 0.2) is 0 Å². The normalized spacial score (nSPS) is 17.3. The summed E-state index contributed by atoms with van der Waals surface area (Å²) in [4.78, 5) is 13.3. The maximum Gasteiger partial charge on any atom is 0.259 e. The molecule has 3 aromatic heterocycles. The second-order valence-corrected chi connectivity index (χ2v) is 6.39. The average molecular weight is 339 g/mol. The topological polar surface area (TPSA) is 78.9 Å². The second kappa shape index (κ2) is 6.76. The van der Waals surface area contributed by atoms with E-state index >= 15 is 0 Å². The first-order valence-corrected chi connectivity index (χ1v) is 8.66. The molecule has 1 aliphatic rings. The lowest BCUT2D eigenvalue weighted by Gasteiger charge is -2.26. The lowest BCUT2D eigenvalue weighted by Crippen LogP contribution is -2.28. The number of imidazole rings is 1. The molecule has 0 amide bonds. The smallest absolute Gasteiger partial charge is 0.259 e. The predicted molar refractivity (Wildman–Crippen MR) is 91.0 cm³/mol. The van der Waals surface area contributed by atoms with Crippen molar-refractivity contribution in [3.05, 3.63) is 42.8 Å². The van der Waals surface area contributed by atoms with Gasteiger partial charge in [-0.05, 0) is 25.0 Å². The van der Waals surface area contributed by atoms with Crippen LogP contribution in [0.25, 0.3) is 17.3 Å². The maximum atomic E-state index is 5.85. The molecule has 3 aromatic rings. The van der Waals surface area contributed by atoms with Crippen molar-refractivity contribution in [3.8, 4) is 17.3 Å². The Labute approximate surface area is 146 Å². The zero-order chi connectivity index (χ0) is 17.1. The third-order valence-electron chi connectivity index (χ3n) is 4.85. The van der Waals surface area contributed by atoms with Crippen molar-refractivity contribution in [2.45, 2.75) is 44.1 Å². The summed E-state index contributed by atoms with van der Waals surface area (Å²) >= 11 is 0. The fourth-order valence-corrected chi connectivity index (χ4v) is 3.40. The minimum absolute atomic E-state index is 0.469. The van der Waals surface area contributed by atoms with E-state index in [0.717, 1.165) is 31.5 Å². The van der Waals surface area contributed by atoms with Crippen LogP contribution in [0.15, 0.2) is 41.4 Å². The molecule has 25 heavy (non-hydrogen) atoms. The highest BCUT2D eigenvalue weighted by Gasteiger charge is 2.38. The van der Waals surface area contributed by atoms with Crippen LogP contribution in [0.1, 0.15) is 44.4 Å². The molecule has 7 nitrogen and oxygen atoms in total. The molecule has 3 heterocycles. The van der Waals surface area contributed by atoms with Gasteiger partial charge in [-0.2, -0.15) is 4.98 Å². The van der Waals surface area contributed by atoms with Crippen molar-refractivity contribution in [2.75, 3.05) is 7.11 Å². The summed E-state index contributed by atoms with van der Waals surface area (Å²) in [5.74, 6) is 1.80. The molecule has 130 valence electrons. The lowest BCUT2D eigenvalue weighted by molar-refractivity contribution is -0.0520. The van der Waals surface area contributed by atoms with E-state index in [1.54, 1.807) is 19.6 Å². The maximum absolute atomic E-state index is 5.85. The number of hydrogen-bond acceptors (Lipinski definition) is 6. The highest BCUT2D eigenvalue weighted by Crippen LogP contribution is 2.38. The van der Waals surface area contributed by atoms with Gasteiger partial charge in [-0.15, -0.1) is 0 Å². The molecule has 0 aromatic carbocycles. The Hall–Kier alpha value is -2.54. The van der Waals surface area contributed by atoms with Crippen molar-refractivity contribution in [3.63, 3.8) is 0 Å². The molecule has 0 saturated heterocycles. The number of methoxy groups -OCH3 is 1. The van der Waals surface area contributed by atoms with Gasteiger partial charge in [-0.1, -0.05) is 36.9 Å². The molecule has 0 atom stereocenters. The first-order chi connectivity index (χ1) is 12.3. The Morgan fingerprint density at radius 2 is 1.96 bits per heavy atom. The van der Waals surface area contributed by atoms with Crippen molar-refractivity contribution in [2.24, 2.45) is 0 Å². The number of ether oxygens (including phenoxy) is 1. The molecule has 0 spiro atoms. The zero-order valence-electron chi connectivity index (χ0n) is 14.3. The SMILES string of the molecule is COC1(c2nc(-c3cccc(-n4ccnc4)n3)no2)CCCCCC1. The van der Waals surface area contributed by atoms with Crippen LogP contribution in [0.3, 0.4) is 0 Å².